The molecule has 4 aromatic carbocycles. The lowest BCUT2D eigenvalue weighted by Crippen LogP contribution is -2.09. The third-order valence-corrected chi connectivity index (χ3v) is 5.79. The summed E-state index contributed by atoms with van der Waals surface area (Å²) in [5, 5.41) is 42.4. The van der Waals surface area contributed by atoms with Crippen molar-refractivity contribution < 1.29 is 25.2 Å². The number of rotatable bonds is 5. The highest BCUT2D eigenvalue weighted by Crippen LogP contribution is 2.53. The van der Waals surface area contributed by atoms with Gasteiger partial charge in [0.15, 0.2) is 17.2 Å². The Labute approximate surface area is 199 Å². The van der Waals surface area contributed by atoms with Crippen LogP contribution in [0, 0.1) is 0 Å². The number of benzene rings is 4. The Kier molecular flexibility index (Phi) is 5.51. The third-order valence-electron chi connectivity index (χ3n) is 5.79. The average molecular weight is 467 g/mol. The highest BCUT2D eigenvalue weighted by Gasteiger charge is 2.27. The van der Waals surface area contributed by atoms with E-state index in [1.807, 2.05) is 36.4 Å². The van der Waals surface area contributed by atoms with E-state index in [0.717, 1.165) is 5.56 Å². The van der Waals surface area contributed by atoms with Gasteiger partial charge in [0.1, 0.15) is 18.1 Å². The Morgan fingerprint density at radius 1 is 0.657 bits per heavy atom. The van der Waals surface area contributed by atoms with Gasteiger partial charge < -0.3 is 30.1 Å². The largest absolute Gasteiger partial charge is 0.508 e. The van der Waals surface area contributed by atoms with E-state index in [1.165, 1.54) is 12.1 Å². The van der Waals surface area contributed by atoms with Gasteiger partial charge in [-0.2, -0.15) is 0 Å². The molecule has 5 rings (SSSR count). The van der Waals surface area contributed by atoms with Crippen molar-refractivity contribution in [2.45, 2.75) is 6.61 Å². The van der Waals surface area contributed by atoms with Crippen LogP contribution in [0.5, 0.6) is 28.7 Å². The molecule has 1 heterocycles. The molecule has 0 amide bonds. The molecule has 5 N–H and O–H groups in total. The Balaban J connectivity index is 1.89. The minimum Gasteiger partial charge on any atom is -0.508 e. The van der Waals surface area contributed by atoms with E-state index >= 15 is 0 Å². The maximum Gasteiger partial charge on any atom is 0.291 e. The monoisotopic (exact) mass is 467 g/mol. The zero-order valence-electron chi connectivity index (χ0n) is 18.4. The van der Waals surface area contributed by atoms with Gasteiger partial charge in [-0.15, -0.1) is 0 Å². The lowest BCUT2D eigenvalue weighted by atomic mass is 9.94. The number of phenolic OH excluding ortho intramolecular Hbond substituents is 3. The van der Waals surface area contributed by atoms with Crippen LogP contribution in [0.2, 0.25) is 0 Å². The first-order chi connectivity index (χ1) is 17.0. The Bertz CT molecular complexity index is 1580. The van der Waals surface area contributed by atoms with Crippen molar-refractivity contribution in [3.63, 3.8) is 0 Å². The van der Waals surface area contributed by atoms with Crippen LogP contribution in [-0.2, 0) is 6.61 Å². The smallest absolute Gasteiger partial charge is 0.291 e. The Hall–Kier alpha value is -4.91. The molecule has 0 saturated heterocycles. The van der Waals surface area contributed by atoms with E-state index < -0.39 is 22.8 Å². The van der Waals surface area contributed by atoms with Crippen LogP contribution in [-0.4, -0.2) is 25.4 Å². The van der Waals surface area contributed by atoms with Crippen LogP contribution >= 0.6 is 0 Å². The van der Waals surface area contributed by atoms with E-state index in [1.54, 1.807) is 36.4 Å². The number of aromatic hydroxyl groups is 4. The Morgan fingerprint density at radius 2 is 1.29 bits per heavy atom. The van der Waals surface area contributed by atoms with Crippen LogP contribution in [0.3, 0.4) is 0 Å². The topological polar surface area (TPSA) is 123 Å². The molecule has 0 aliphatic heterocycles. The fourth-order valence-electron chi connectivity index (χ4n) is 4.11. The number of aromatic nitrogens is 1. The van der Waals surface area contributed by atoms with Crippen molar-refractivity contribution in [3.8, 4) is 51.1 Å². The van der Waals surface area contributed by atoms with Gasteiger partial charge >= 0.3 is 0 Å². The summed E-state index contributed by atoms with van der Waals surface area (Å²) < 4.78 is 6.25. The molecule has 0 saturated carbocycles. The second-order valence-corrected chi connectivity index (χ2v) is 8.02. The van der Waals surface area contributed by atoms with Crippen molar-refractivity contribution >= 4 is 10.8 Å². The van der Waals surface area contributed by atoms with Gasteiger partial charge in [0, 0.05) is 0 Å². The van der Waals surface area contributed by atoms with Crippen molar-refractivity contribution in [1.29, 1.82) is 0 Å². The number of ether oxygens (including phenoxy) is 1. The number of H-pyrrole nitrogens is 1. The highest BCUT2D eigenvalue weighted by molar-refractivity contribution is 6.11. The van der Waals surface area contributed by atoms with Gasteiger partial charge in [-0.05, 0) is 41.0 Å². The number of aromatic amines is 1. The van der Waals surface area contributed by atoms with Crippen LogP contribution in [0.4, 0.5) is 0 Å². The number of pyridine rings is 1. The average Bonchev–Trinajstić information content (AvgIpc) is 2.88. The SMILES string of the molecule is O=c1[nH]c(-c2ccc(O)cc2)c2c(OCc3ccccc3)c(-c3ccccc3)c(O)c(O)c2c1O. The molecule has 5 aromatic rings. The molecule has 0 unspecified atom stereocenters. The fourth-order valence-corrected chi connectivity index (χ4v) is 4.11. The quantitative estimate of drug-likeness (QED) is 0.225. The normalized spacial score (nSPS) is 11.0. The number of nitrogens with one attached hydrogen (secondary N) is 1. The van der Waals surface area contributed by atoms with Gasteiger partial charge in [0.25, 0.3) is 5.56 Å². The first-order valence-electron chi connectivity index (χ1n) is 10.8. The van der Waals surface area contributed by atoms with E-state index in [0.29, 0.717) is 11.1 Å². The first kappa shape index (κ1) is 21.9. The molecular weight excluding hydrogens is 446 g/mol. The van der Waals surface area contributed by atoms with Crippen molar-refractivity contribution in [2.75, 3.05) is 0 Å². The zero-order chi connectivity index (χ0) is 24.5. The van der Waals surface area contributed by atoms with Gasteiger partial charge in [-0.3, -0.25) is 4.79 Å². The van der Waals surface area contributed by atoms with E-state index in [4.69, 9.17) is 4.74 Å². The molecule has 0 fully saturated rings. The van der Waals surface area contributed by atoms with E-state index in [9.17, 15) is 25.2 Å². The van der Waals surface area contributed by atoms with Crippen LogP contribution < -0.4 is 10.3 Å². The van der Waals surface area contributed by atoms with Crippen LogP contribution in [0.15, 0.2) is 89.7 Å². The lowest BCUT2D eigenvalue weighted by Gasteiger charge is -2.20. The molecule has 35 heavy (non-hydrogen) atoms. The van der Waals surface area contributed by atoms with Crippen LogP contribution in [0.25, 0.3) is 33.2 Å². The Morgan fingerprint density at radius 3 is 1.94 bits per heavy atom. The number of fused-ring (bicyclic) bond motifs is 1. The molecule has 7 nitrogen and oxygen atoms in total. The molecule has 0 bridgehead atoms. The van der Waals surface area contributed by atoms with E-state index in [-0.39, 0.29) is 40.1 Å². The summed E-state index contributed by atoms with van der Waals surface area (Å²) >= 11 is 0. The molecule has 7 heteroatoms. The minimum absolute atomic E-state index is 0.0326. The fraction of sp³-hybridized carbons (Fsp3) is 0.0357. The third kappa shape index (κ3) is 3.89. The summed E-state index contributed by atoms with van der Waals surface area (Å²) in [5.74, 6) is -1.72. The summed E-state index contributed by atoms with van der Waals surface area (Å²) in [7, 11) is 0. The van der Waals surface area contributed by atoms with Crippen LogP contribution in [0.1, 0.15) is 5.56 Å². The van der Waals surface area contributed by atoms with Gasteiger partial charge in [-0.25, -0.2) is 0 Å². The lowest BCUT2D eigenvalue weighted by molar-refractivity contribution is 0.308. The second-order valence-electron chi connectivity index (χ2n) is 8.02. The summed E-state index contributed by atoms with van der Waals surface area (Å²) in [5.41, 5.74) is 1.52. The summed E-state index contributed by atoms with van der Waals surface area (Å²) in [6, 6.07) is 24.3. The van der Waals surface area contributed by atoms with Crippen molar-refractivity contribution in [3.05, 3.63) is 101 Å². The molecule has 1 aromatic heterocycles. The molecule has 0 radical (unpaired) electrons. The summed E-state index contributed by atoms with van der Waals surface area (Å²) in [6.45, 7) is 0.120. The van der Waals surface area contributed by atoms with E-state index in [2.05, 4.69) is 4.98 Å². The summed E-state index contributed by atoms with van der Waals surface area (Å²) in [6.07, 6.45) is 0. The molecule has 0 aliphatic carbocycles. The summed E-state index contributed by atoms with van der Waals surface area (Å²) in [4.78, 5) is 15.3. The predicted octanol–water partition coefficient (Wildman–Crippen LogP) is 5.26. The number of hydrogen-bond donors (Lipinski definition) is 5. The van der Waals surface area contributed by atoms with Gasteiger partial charge in [-0.1, -0.05) is 60.7 Å². The highest BCUT2D eigenvalue weighted by atomic mass is 16.5. The molecule has 0 spiro atoms. The number of phenols is 3. The van der Waals surface area contributed by atoms with Crippen molar-refractivity contribution in [2.24, 2.45) is 0 Å². The first-order valence-corrected chi connectivity index (χ1v) is 10.8. The second kappa shape index (κ2) is 8.79. The van der Waals surface area contributed by atoms with Gasteiger partial charge in [0.2, 0.25) is 0 Å². The molecule has 0 aliphatic rings. The number of hydrogen-bond acceptors (Lipinski definition) is 6. The molecular formula is C28H21NO6. The predicted molar refractivity (Wildman–Crippen MR) is 133 cm³/mol. The maximum atomic E-state index is 12.6. The van der Waals surface area contributed by atoms with Crippen molar-refractivity contribution in [1.82, 2.24) is 4.98 Å². The van der Waals surface area contributed by atoms with Gasteiger partial charge in [0.05, 0.1) is 22.0 Å². The molecule has 0 atom stereocenters. The zero-order valence-corrected chi connectivity index (χ0v) is 18.4. The molecule has 174 valence electrons. The standard InChI is InChI=1S/C28H21NO6/c30-19-13-11-18(12-14-19)23-21-22(26(33)28(34)29-23)25(32)24(31)20(17-9-5-2-6-10-17)27(21)35-15-16-7-3-1-4-8-16/h1-14,30-33H,15H2,(H,29,34). The maximum absolute atomic E-state index is 12.6. The minimum atomic E-state index is -0.850.